The van der Waals surface area contributed by atoms with Gasteiger partial charge in [0.2, 0.25) is 0 Å². The van der Waals surface area contributed by atoms with Crippen molar-refractivity contribution in [2.45, 2.75) is 31.7 Å². The van der Waals surface area contributed by atoms with Gasteiger partial charge in [-0.05, 0) is 31.0 Å². The lowest BCUT2D eigenvalue weighted by atomic mass is 9.84. The molecule has 0 aromatic heterocycles. The number of hydrogen-bond donors (Lipinski definition) is 2. The average molecular weight is 294 g/mol. The van der Waals surface area contributed by atoms with Gasteiger partial charge < -0.3 is 10.4 Å². The van der Waals surface area contributed by atoms with E-state index in [2.05, 4.69) is 5.32 Å². The largest absolute Gasteiger partial charge is 0.481 e. The van der Waals surface area contributed by atoms with Crippen molar-refractivity contribution < 1.29 is 19.1 Å². The summed E-state index contributed by atoms with van der Waals surface area (Å²) in [7, 11) is 1.53. The van der Waals surface area contributed by atoms with Gasteiger partial charge in [-0.3, -0.25) is 9.69 Å². The smallest absolute Gasteiger partial charge is 0.321 e. The Labute approximate surface area is 122 Å². The van der Waals surface area contributed by atoms with E-state index in [0.717, 1.165) is 12.8 Å². The van der Waals surface area contributed by atoms with Crippen molar-refractivity contribution in [1.82, 2.24) is 5.32 Å². The first-order valence-electron chi connectivity index (χ1n) is 7.01. The van der Waals surface area contributed by atoms with Crippen LogP contribution in [0.3, 0.4) is 0 Å². The Morgan fingerprint density at radius 3 is 2.71 bits per heavy atom. The Hall–Kier alpha value is -2.11. The molecular weight excluding hydrogens is 275 g/mol. The number of nitrogens with one attached hydrogen (secondary N) is 1. The number of carbonyl (C=O) groups is 2. The van der Waals surface area contributed by atoms with E-state index in [1.54, 1.807) is 6.07 Å². The number of carbonyl (C=O) groups excluding carboxylic acids is 1. The van der Waals surface area contributed by atoms with Gasteiger partial charge in [0.15, 0.2) is 0 Å². The molecular formula is C15H19FN2O3. The topological polar surface area (TPSA) is 69.6 Å². The molecule has 1 aromatic rings. The molecule has 0 saturated heterocycles. The van der Waals surface area contributed by atoms with E-state index in [1.165, 1.54) is 30.1 Å². The van der Waals surface area contributed by atoms with Gasteiger partial charge in [-0.25, -0.2) is 9.18 Å². The van der Waals surface area contributed by atoms with Crippen molar-refractivity contribution in [3.05, 3.63) is 30.1 Å². The number of carboxylic acid groups (broad SMARTS) is 1. The molecule has 1 aliphatic rings. The molecule has 1 aliphatic carbocycles. The number of urea groups is 1. The molecule has 0 heterocycles. The summed E-state index contributed by atoms with van der Waals surface area (Å²) in [5, 5.41) is 12.0. The van der Waals surface area contributed by atoms with Crippen LogP contribution in [0.2, 0.25) is 0 Å². The minimum absolute atomic E-state index is 0.375. The number of nitrogens with zero attached hydrogens (tertiary/aromatic N) is 1. The number of hydrogen-bond acceptors (Lipinski definition) is 2. The molecule has 2 unspecified atom stereocenters. The molecule has 2 rings (SSSR count). The van der Waals surface area contributed by atoms with Gasteiger partial charge in [-0.2, -0.15) is 0 Å². The molecule has 2 N–H and O–H groups in total. The molecule has 21 heavy (non-hydrogen) atoms. The van der Waals surface area contributed by atoms with E-state index in [1.807, 2.05) is 0 Å². The number of halogens is 1. The molecule has 0 radical (unpaired) electrons. The van der Waals surface area contributed by atoms with Crippen molar-refractivity contribution in [1.29, 1.82) is 0 Å². The van der Waals surface area contributed by atoms with Crippen molar-refractivity contribution in [3.63, 3.8) is 0 Å². The van der Waals surface area contributed by atoms with Crippen molar-refractivity contribution in [2.75, 3.05) is 11.9 Å². The molecule has 1 aromatic carbocycles. The molecule has 5 nitrogen and oxygen atoms in total. The van der Waals surface area contributed by atoms with Gasteiger partial charge in [-0.1, -0.05) is 18.9 Å². The van der Waals surface area contributed by atoms with Crippen molar-refractivity contribution >= 4 is 17.7 Å². The highest BCUT2D eigenvalue weighted by Gasteiger charge is 2.32. The summed E-state index contributed by atoms with van der Waals surface area (Å²) in [4.78, 5) is 24.7. The van der Waals surface area contributed by atoms with Crippen LogP contribution in [0.15, 0.2) is 24.3 Å². The normalized spacial score (nSPS) is 21.6. The van der Waals surface area contributed by atoms with Crippen molar-refractivity contribution in [2.24, 2.45) is 5.92 Å². The van der Waals surface area contributed by atoms with Gasteiger partial charge in [0.25, 0.3) is 0 Å². The fourth-order valence-electron chi connectivity index (χ4n) is 2.66. The van der Waals surface area contributed by atoms with Crippen LogP contribution in [0.25, 0.3) is 0 Å². The van der Waals surface area contributed by atoms with Crippen molar-refractivity contribution in [3.8, 4) is 0 Å². The van der Waals surface area contributed by atoms with E-state index >= 15 is 0 Å². The number of anilines is 1. The fraction of sp³-hybridized carbons (Fsp3) is 0.467. The lowest BCUT2D eigenvalue weighted by molar-refractivity contribution is -0.143. The van der Waals surface area contributed by atoms with Crippen LogP contribution >= 0.6 is 0 Å². The number of benzene rings is 1. The fourth-order valence-corrected chi connectivity index (χ4v) is 2.66. The maximum absolute atomic E-state index is 13.2. The van der Waals surface area contributed by atoms with Crippen LogP contribution in [-0.4, -0.2) is 30.2 Å². The summed E-state index contributed by atoms with van der Waals surface area (Å²) >= 11 is 0. The molecule has 0 aliphatic heterocycles. The third kappa shape index (κ3) is 3.71. The highest BCUT2D eigenvalue weighted by molar-refractivity contribution is 5.91. The summed E-state index contributed by atoms with van der Waals surface area (Å²) in [6.07, 6.45) is 2.99. The second-order valence-electron chi connectivity index (χ2n) is 5.32. The maximum atomic E-state index is 13.2. The SMILES string of the molecule is CN(C(=O)NC1CCCCC1C(=O)O)c1cccc(F)c1. The number of aliphatic carboxylic acids is 1. The van der Waals surface area contributed by atoms with Crippen LogP contribution < -0.4 is 10.2 Å². The Bertz CT molecular complexity index is 535. The summed E-state index contributed by atoms with van der Waals surface area (Å²) in [6, 6.07) is 4.91. The third-order valence-corrected chi connectivity index (χ3v) is 3.89. The second kappa shape index (κ2) is 6.56. The predicted molar refractivity (Wildman–Crippen MR) is 76.7 cm³/mol. The van der Waals surface area contributed by atoms with E-state index < -0.39 is 23.7 Å². The minimum atomic E-state index is -0.881. The number of carboxylic acids is 1. The van der Waals surface area contributed by atoms with Crippen LogP contribution in [0.1, 0.15) is 25.7 Å². The molecule has 2 atom stereocenters. The Morgan fingerprint density at radius 2 is 2.05 bits per heavy atom. The van der Waals surface area contributed by atoms with Gasteiger partial charge in [0.1, 0.15) is 5.82 Å². The number of rotatable bonds is 3. The zero-order valence-electron chi connectivity index (χ0n) is 11.9. The third-order valence-electron chi connectivity index (χ3n) is 3.89. The first kappa shape index (κ1) is 15.3. The minimum Gasteiger partial charge on any atom is -0.481 e. The lowest BCUT2D eigenvalue weighted by Crippen LogP contribution is -2.49. The van der Waals surface area contributed by atoms with E-state index in [-0.39, 0.29) is 6.04 Å². The van der Waals surface area contributed by atoms with Gasteiger partial charge in [0, 0.05) is 18.8 Å². The monoisotopic (exact) mass is 294 g/mol. The van der Waals surface area contributed by atoms with E-state index in [0.29, 0.717) is 18.5 Å². The molecule has 2 amide bonds. The van der Waals surface area contributed by atoms with Crippen LogP contribution in [-0.2, 0) is 4.79 Å². The Balaban J connectivity index is 2.04. The zero-order chi connectivity index (χ0) is 15.4. The maximum Gasteiger partial charge on any atom is 0.321 e. The van der Waals surface area contributed by atoms with Crippen LogP contribution in [0.4, 0.5) is 14.9 Å². The summed E-state index contributed by atoms with van der Waals surface area (Å²) in [5.41, 5.74) is 0.426. The molecule has 1 fully saturated rings. The Kier molecular flexibility index (Phi) is 4.77. The highest BCUT2D eigenvalue weighted by atomic mass is 19.1. The standard InChI is InChI=1S/C15H19FN2O3/c1-18(11-6-4-5-10(16)9-11)15(21)17-13-8-3-2-7-12(13)14(19)20/h4-6,9,12-13H,2-3,7-8H2,1H3,(H,17,21)(H,19,20). The second-order valence-corrected chi connectivity index (χ2v) is 5.32. The number of amides is 2. The molecule has 1 saturated carbocycles. The zero-order valence-corrected chi connectivity index (χ0v) is 11.9. The van der Waals surface area contributed by atoms with Crippen LogP contribution in [0, 0.1) is 11.7 Å². The first-order chi connectivity index (χ1) is 9.99. The van der Waals surface area contributed by atoms with E-state index in [4.69, 9.17) is 0 Å². The Morgan fingerprint density at radius 1 is 1.33 bits per heavy atom. The molecule has 0 spiro atoms. The lowest BCUT2D eigenvalue weighted by Gasteiger charge is -2.31. The predicted octanol–water partition coefficient (Wildman–Crippen LogP) is 2.61. The quantitative estimate of drug-likeness (QED) is 0.900. The average Bonchev–Trinajstić information content (AvgIpc) is 2.46. The molecule has 114 valence electrons. The summed E-state index contributed by atoms with van der Waals surface area (Å²) in [5.74, 6) is -1.86. The first-order valence-corrected chi connectivity index (χ1v) is 7.01. The highest BCUT2D eigenvalue weighted by Crippen LogP contribution is 2.25. The van der Waals surface area contributed by atoms with Gasteiger partial charge in [0.05, 0.1) is 5.92 Å². The van der Waals surface area contributed by atoms with Crippen LogP contribution in [0.5, 0.6) is 0 Å². The summed E-state index contributed by atoms with van der Waals surface area (Å²) < 4.78 is 13.2. The van der Waals surface area contributed by atoms with Gasteiger partial charge >= 0.3 is 12.0 Å². The van der Waals surface area contributed by atoms with E-state index in [9.17, 15) is 19.1 Å². The molecule has 6 heteroatoms. The van der Waals surface area contributed by atoms with Gasteiger partial charge in [-0.15, -0.1) is 0 Å². The summed E-state index contributed by atoms with van der Waals surface area (Å²) in [6.45, 7) is 0. The molecule has 0 bridgehead atoms.